The summed E-state index contributed by atoms with van der Waals surface area (Å²) in [4.78, 5) is 35.9. The van der Waals surface area contributed by atoms with E-state index < -0.39 is 32.1 Å². The van der Waals surface area contributed by atoms with E-state index in [4.69, 9.17) is 9.52 Å². The predicted octanol–water partition coefficient (Wildman–Crippen LogP) is -1.17. The van der Waals surface area contributed by atoms with Gasteiger partial charge in [-0.1, -0.05) is 0 Å². The van der Waals surface area contributed by atoms with E-state index in [9.17, 15) is 22.8 Å². The van der Waals surface area contributed by atoms with E-state index in [1.807, 2.05) is 9.71 Å². The molecule has 0 radical (unpaired) electrons. The molecular weight excluding hydrogens is 306 g/mol. The van der Waals surface area contributed by atoms with E-state index in [0.717, 1.165) is 6.20 Å². The predicted molar refractivity (Wildman–Crippen MR) is 67.4 cm³/mol. The van der Waals surface area contributed by atoms with Crippen molar-refractivity contribution in [3.05, 3.63) is 50.7 Å². The summed E-state index contributed by atoms with van der Waals surface area (Å²) in [6.07, 6.45) is 0.758. The number of aromatic amines is 2. The second-order valence-electron chi connectivity index (χ2n) is 3.83. The van der Waals surface area contributed by atoms with Crippen LogP contribution < -0.4 is 16.0 Å². The van der Waals surface area contributed by atoms with Gasteiger partial charge in [-0.25, -0.2) is 22.7 Å². The summed E-state index contributed by atoms with van der Waals surface area (Å²) in [7, 11) is -4.19. The first kappa shape index (κ1) is 14.7. The zero-order valence-electron chi connectivity index (χ0n) is 10.2. The fourth-order valence-electron chi connectivity index (χ4n) is 1.43. The summed E-state index contributed by atoms with van der Waals surface area (Å²) in [6.45, 7) is -0.353. The minimum atomic E-state index is -4.19. The molecule has 0 aliphatic carbocycles. The van der Waals surface area contributed by atoms with Gasteiger partial charge in [0.1, 0.15) is 5.76 Å². The van der Waals surface area contributed by atoms with Crippen LogP contribution in [0.15, 0.2) is 37.2 Å². The molecular formula is C10H9N3O7S. The molecule has 4 N–H and O–H groups in total. The SMILES string of the molecule is O=C(O)c1ccc(CNS(=O)(=O)c2c[nH]c(=O)[nH]c2=O)o1. The van der Waals surface area contributed by atoms with Gasteiger partial charge in [0.05, 0.1) is 6.54 Å². The Labute approximate surface area is 116 Å². The van der Waals surface area contributed by atoms with Crippen molar-refractivity contribution in [2.75, 3.05) is 0 Å². The van der Waals surface area contributed by atoms with Crippen LogP contribution in [-0.2, 0) is 16.6 Å². The topological polar surface area (TPSA) is 162 Å². The number of nitrogens with one attached hydrogen (secondary N) is 3. The molecule has 0 saturated heterocycles. The van der Waals surface area contributed by atoms with Gasteiger partial charge in [0.2, 0.25) is 15.8 Å². The van der Waals surface area contributed by atoms with Crippen molar-refractivity contribution >= 4 is 16.0 Å². The lowest BCUT2D eigenvalue weighted by Crippen LogP contribution is -2.32. The van der Waals surface area contributed by atoms with E-state index in [1.54, 1.807) is 4.98 Å². The standard InChI is InChI=1S/C10H9N3O7S/c14-8-7(4-11-10(17)13-8)21(18,19)12-3-5-1-2-6(20-5)9(15)16/h1-2,4,12H,3H2,(H,15,16)(H2,11,13,14,17). The molecule has 0 bridgehead atoms. The van der Waals surface area contributed by atoms with Crippen molar-refractivity contribution in [3.8, 4) is 0 Å². The second-order valence-corrected chi connectivity index (χ2v) is 5.57. The Morgan fingerprint density at radius 1 is 1.33 bits per heavy atom. The maximum Gasteiger partial charge on any atom is 0.371 e. The molecule has 2 aromatic rings. The molecule has 0 atom stereocenters. The van der Waals surface area contributed by atoms with Gasteiger partial charge in [0, 0.05) is 6.20 Å². The summed E-state index contributed by atoms with van der Waals surface area (Å²) in [5.41, 5.74) is -1.91. The Kier molecular flexibility index (Phi) is 3.78. The van der Waals surface area contributed by atoms with Crippen molar-refractivity contribution in [3.63, 3.8) is 0 Å². The van der Waals surface area contributed by atoms with Gasteiger partial charge in [-0.2, -0.15) is 0 Å². The molecule has 0 aliphatic rings. The van der Waals surface area contributed by atoms with Gasteiger partial charge >= 0.3 is 11.7 Å². The molecule has 0 fully saturated rings. The third kappa shape index (κ3) is 3.27. The van der Waals surface area contributed by atoms with Gasteiger partial charge in [-0.05, 0) is 12.1 Å². The summed E-state index contributed by atoms with van der Waals surface area (Å²) >= 11 is 0. The van der Waals surface area contributed by atoms with Crippen LogP contribution >= 0.6 is 0 Å². The van der Waals surface area contributed by atoms with Gasteiger partial charge < -0.3 is 14.5 Å². The van der Waals surface area contributed by atoms with E-state index in [1.165, 1.54) is 12.1 Å². The van der Waals surface area contributed by atoms with E-state index in [0.29, 0.717) is 0 Å². The number of hydrogen-bond donors (Lipinski definition) is 4. The van der Waals surface area contributed by atoms with Gasteiger partial charge in [0.15, 0.2) is 4.90 Å². The van der Waals surface area contributed by atoms with Crippen LogP contribution in [0.25, 0.3) is 0 Å². The highest BCUT2D eigenvalue weighted by molar-refractivity contribution is 7.89. The summed E-state index contributed by atoms with van der Waals surface area (Å²) in [6, 6.07) is 2.45. The number of sulfonamides is 1. The fourth-order valence-corrected chi connectivity index (χ4v) is 2.43. The second kappa shape index (κ2) is 5.38. The number of rotatable bonds is 5. The number of hydrogen-bond acceptors (Lipinski definition) is 6. The quantitative estimate of drug-likeness (QED) is 0.540. The smallest absolute Gasteiger partial charge is 0.371 e. The zero-order valence-corrected chi connectivity index (χ0v) is 11.1. The van der Waals surface area contributed by atoms with Crippen molar-refractivity contribution < 1.29 is 22.7 Å². The van der Waals surface area contributed by atoms with Crippen LogP contribution in [0, 0.1) is 0 Å². The third-order valence-electron chi connectivity index (χ3n) is 2.38. The first-order valence-electron chi connectivity index (χ1n) is 5.43. The number of carboxylic acid groups (broad SMARTS) is 1. The molecule has 0 saturated carbocycles. The molecule has 0 spiro atoms. The van der Waals surface area contributed by atoms with E-state index >= 15 is 0 Å². The normalized spacial score (nSPS) is 11.4. The molecule has 0 amide bonds. The lowest BCUT2D eigenvalue weighted by atomic mass is 10.4. The molecule has 112 valence electrons. The molecule has 0 unspecified atom stereocenters. The Balaban J connectivity index is 2.19. The van der Waals surface area contributed by atoms with Crippen LogP contribution in [0.3, 0.4) is 0 Å². The number of furan rings is 1. The Bertz CT molecular complexity index is 890. The number of aromatic nitrogens is 2. The highest BCUT2D eigenvalue weighted by Gasteiger charge is 2.19. The number of aromatic carboxylic acids is 1. The maximum absolute atomic E-state index is 11.9. The summed E-state index contributed by atoms with van der Waals surface area (Å²) in [5, 5.41) is 8.66. The molecule has 11 heteroatoms. The Morgan fingerprint density at radius 2 is 2.05 bits per heavy atom. The van der Waals surface area contributed by atoms with Crippen molar-refractivity contribution in [1.82, 2.24) is 14.7 Å². The molecule has 21 heavy (non-hydrogen) atoms. The number of carboxylic acids is 1. The minimum Gasteiger partial charge on any atom is -0.475 e. The number of H-pyrrole nitrogens is 2. The summed E-state index contributed by atoms with van der Waals surface area (Å²) in [5.74, 6) is -1.58. The van der Waals surface area contributed by atoms with Gasteiger partial charge in [0.25, 0.3) is 5.56 Å². The van der Waals surface area contributed by atoms with E-state index in [-0.39, 0.29) is 18.1 Å². The third-order valence-corrected chi connectivity index (χ3v) is 3.79. The highest BCUT2D eigenvalue weighted by Crippen LogP contribution is 2.08. The maximum atomic E-state index is 11.9. The lowest BCUT2D eigenvalue weighted by molar-refractivity contribution is 0.0660. The highest BCUT2D eigenvalue weighted by atomic mass is 32.2. The monoisotopic (exact) mass is 315 g/mol. The molecule has 0 aromatic carbocycles. The molecule has 2 aromatic heterocycles. The van der Waals surface area contributed by atoms with Crippen LogP contribution in [0.1, 0.15) is 16.3 Å². The molecule has 2 rings (SSSR count). The van der Waals surface area contributed by atoms with Gasteiger partial charge in [-0.15, -0.1) is 0 Å². The van der Waals surface area contributed by atoms with E-state index in [2.05, 4.69) is 0 Å². The Hall–Kier alpha value is -2.66. The van der Waals surface area contributed by atoms with Crippen LogP contribution in [-0.4, -0.2) is 29.5 Å². The van der Waals surface area contributed by atoms with Crippen LogP contribution in [0.2, 0.25) is 0 Å². The van der Waals surface area contributed by atoms with Crippen molar-refractivity contribution in [2.24, 2.45) is 0 Å². The fraction of sp³-hybridized carbons (Fsp3) is 0.100. The zero-order chi connectivity index (χ0) is 15.6. The molecule has 10 nitrogen and oxygen atoms in total. The first-order chi connectivity index (χ1) is 9.79. The molecule has 0 aliphatic heterocycles. The first-order valence-corrected chi connectivity index (χ1v) is 6.91. The Morgan fingerprint density at radius 3 is 2.62 bits per heavy atom. The number of carbonyl (C=O) groups is 1. The minimum absolute atomic E-state index is 0.0526. The average molecular weight is 315 g/mol. The van der Waals surface area contributed by atoms with Crippen LogP contribution in [0.4, 0.5) is 0 Å². The van der Waals surface area contributed by atoms with Crippen molar-refractivity contribution in [2.45, 2.75) is 11.4 Å². The summed E-state index contributed by atoms with van der Waals surface area (Å²) < 4.78 is 30.6. The lowest BCUT2D eigenvalue weighted by Gasteiger charge is -2.03. The van der Waals surface area contributed by atoms with Gasteiger partial charge in [-0.3, -0.25) is 9.78 Å². The van der Waals surface area contributed by atoms with Crippen LogP contribution in [0.5, 0.6) is 0 Å². The molecule has 2 heterocycles. The van der Waals surface area contributed by atoms with Crippen molar-refractivity contribution in [1.29, 1.82) is 0 Å². The largest absolute Gasteiger partial charge is 0.475 e. The average Bonchev–Trinajstić information content (AvgIpc) is 2.85.